The zero-order chi connectivity index (χ0) is 85.2. The fourth-order valence-electron chi connectivity index (χ4n) is 12.3. The Bertz CT molecular complexity index is 5180. The number of ether oxygens (including phenoxy) is 8. The van der Waals surface area contributed by atoms with E-state index in [1.165, 1.54) is 71.6 Å². The lowest BCUT2D eigenvalue weighted by Gasteiger charge is -2.27. The number of hydrogen-bond donors (Lipinski definition) is 6. The van der Waals surface area contributed by atoms with Crippen molar-refractivity contribution in [3.63, 3.8) is 0 Å². The Hall–Kier alpha value is -11.6. The number of H-pyrrole nitrogens is 2. The number of nitrogens with one attached hydrogen (secondary N) is 8. The normalized spacial score (nSPS) is 13.2. The van der Waals surface area contributed by atoms with Crippen molar-refractivity contribution in [2.75, 3.05) is 129 Å². The molecule has 0 aliphatic carbocycles. The predicted octanol–water partition coefficient (Wildman–Crippen LogP) is 4.57. The third kappa shape index (κ3) is 30.8. The van der Waals surface area contributed by atoms with Gasteiger partial charge in [0.15, 0.2) is 58.4 Å². The zero-order valence-electron chi connectivity index (χ0n) is 66.2. The van der Waals surface area contributed by atoms with Gasteiger partial charge in [0.25, 0.3) is 23.6 Å². The van der Waals surface area contributed by atoms with Crippen molar-refractivity contribution in [2.24, 2.45) is 0 Å². The van der Waals surface area contributed by atoms with Crippen LogP contribution in [0.2, 0.25) is 0 Å². The van der Waals surface area contributed by atoms with Crippen LogP contribution in [-0.2, 0) is 79.2 Å². The van der Waals surface area contributed by atoms with E-state index in [0.717, 1.165) is 110 Å². The van der Waals surface area contributed by atoms with E-state index in [2.05, 4.69) is 55.5 Å². The molecule has 33 nitrogen and oxygen atoms in total. The third-order valence-electron chi connectivity index (χ3n) is 17.6. The second kappa shape index (κ2) is 43.4. The highest BCUT2D eigenvalue weighted by atomic mass is 32.2. The molecule has 8 aromatic carbocycles. The number of rotatable bonds is 22. The number of pyridine rings is 2. The van der Waals surface area contributed by atoms with Gasteiger partial charge in [-0.05, 0) is 107 Å². The van der Waals surface area contributed by atoms with Crippen LogP contribution in [0, 0.1) is 0 Å². The van der Waals surface area contributed by atoms with Crippen LogP contribution in [0.5, 0.6) is 46.0 Å². The molecule has 2 aliphatic rings. The van der Waals surface area contributed by atoms with Gasteiger partial charge >= 0.3 is 0 Å². The van der Waals surface area contributed by atoms with Crippen LogP contribution in [0.3, 0.4) is 0 Å². The second-order valence-electron chi connectivity index (χ2n) is 26.3. The lowest BCUT2D eigenvalue weighted by Crippen LogP contribution is -3.12. The van der Waals surface area contributed by atoms with Gasteiger partial charge in [0.05, 0.1) is 146 Å². The average Bonchev–Trinajstić information content (AvgIpc) is 0.825. The summed E-state index contributed by atoms with van der Waals surface area (Å²) in [6, 6.07) is 49.4. The number of amides is 4. The first-order valence-electron chi connectivity index (χ1n) is 35.3. The van der Waals surface area contributed by atoms with Crippen LogP contribution in [0.4, 0.5) is 22.7 Å². The van der Waals surface area contributed by atoms with Crippen molar-refractivity contribution in [2.45, 2.75) is 38.8 Å². The first-order valence-corrected chi connectivity index (χ1v) is 42.6. The summed E-state index contributed by atoms with van der Waals surface area (Å²) < 4.78 is 153. The minimum atomic E-state index is -3.92. The van der Waals surface area contributed by atoms with Crippen LogP contribution in [0.25, 0.3) is 21.8 Å². The number of aromatic amines is 2. The Morgan fingerprint density at radius 3 is 0.940 bits per heavy atom. The quantitative estimate of drug-likeness (QED) is 0.0506. The van der Waals surface area contributed by atoms with Crippen molar-refractivity contribution in [1.82, 2.24) is 0 Å². The van der Waals surface area contributed by atoms with E-state index in [1.54, 1.807) is 77.2 Å². The molecule has 628 valence electrons. The Balaban J connectivity index is 0.000000293. The summed E-state index contributed by atoms with van der Waals surface area (Å²) >= 11 is 0. The number of fused-ring (bicyclic) bond motifs is 4. The maximum atomic E-state index is 13.6. The molecule has 12 rings (SSSR count). The van der Waals surface area contributed by atoms with Crippen LogP contribution < -0.4 is 78.9 Å². The second-order valence-corrected chi connectivity index (χ2v) is 31.9. The molecule has 0 saturated carbocycles. The van der Waals surface area contributed by atoms with Crippen LogP contribution in [0.15, 0.2) is 170 Å². The Labute approximate surface area is 678 Å². The van der Waals surface area contributed by atoms with E-state index in [4.69, 9.17) is 89.8 Å². The maximum absolute atomic E-state index is 13.6. The topological polar surface area (TPSA) is 488 Å². The Morgan fingerprint density at radius 2 is 0.641 bits per heavy atom. The van der Waals surface area contributed by atoms with Crippen molar-refractivity contribution in [3.05, 3.63) is 226 Å². The van der Waals surface area contributed by atoms with E-state index in [1.807, 2.05) is 97.1 Å². The fourth-order valence-corrected chi connectivity index (χ4v) is 12.3. The van der Waals surface area contributed by atoms with Gasteiger partial charge in [0.2, 0.25) is 11.0 Å². The first-order chi connectivity index (χ1) is 54.8. The predicted molar refractivity (Wildman–Crippen MR) is 434 cm³/mol. The summed E-state index contributed by atoms with van der Waals surface area (Å²) in [7, 11) is -2.99. The van der Waals surface area contributed by atoms with Gasteiger partial charge in [-0.15, -0.1) is 0 Å². The van der Waals surface area contributed by atoms with Crippen LogP contribution >= 0.6 is 0 Å². The van der Waals surface area contributed by atoms with Crippen molar-refractivity contribution in [1.29, 1.82) is 0 Å². The van der Waals surface area contributed by atoms with Crippen molar-refractivity contribution in [3.8, 4) is 46.0 Å². The van der Waals surface area contributed by atoms with Gasteiger partial charge in [-0.25, -0.2) is 43.6 Å². The highest BCUT2D eigenvalue weighted by Gasteiger charge is 2.27. The fraction of sp³-hybridized carbons (Fsp3) is 0.275. The number of carbonyl (C=O) groups excluding carboxylic acids is 4. The molecule has 2 aliphatic heterocycles. The Morgan fingerprint density at radius 1 is 0.368 bits per heavy atom. The van der Waals surface area contributed by atoms with Gasteiger partial charge in [-0.1, -0.05) is 48.5 Å². The number of hydrogen-bond acceptors (Lipinski definition) is 24. The number of anilines is 4. The minimum absolute atomic E-state index is 0. The summed E-state index contributed by atoms with van der Waals surface area (Å²) in [6.07, 6.45) is 9.50. The van der Waals surface area contributed by atoms with Gasteiger partial charge in [-0.2, -0.15) is 0 Å². The van der Waals surface area contributed by atoms with E-state index >= 15 is 0 Å². The molecule has 4 amide bonds. The monoisotopic (exact) mass is 1690 g/mol. The maximum Gasteiger partial charge on any atom is 0.261 e. The molecule has 37 heteroatoms. The molecule has 4 heterocycles. The van der Waals surface area contributed by atoms with Crippen molar-refractivity contribution < 1.29 is 134 Å². The van der Waals surface area contributed by atoms with Crippen LogP contribution in [0.1, 0.15) is 74.8 Å². The van der Waals surface area contributed by atoms with E-state index < -0.39 is 52.3 Å². The molecule has 2 unspecified atom stereocenters. The highest BCUT2D eigenvalue weighted by Crippen LogP contribution is 2.37. The Kier molecular flexibility index (Phi) is 34.9. The summed E-state index contributed by atoms with van der Waals surface area (Å²) in [5.41, 5.74) is 12.6. The lowest BCUT2D eigenvalue weighted by molar-refractivity contribution is -0.915. The van der Waals surface area contributed by atoms with Gasteiger partial charge in [0.1, 0.15) is 24.2 Å². The number of carbonyl (C=O) groups is 4. The summed E-state index contributed by atoms with van der Waals surface area (Å²) in [5, 5.41) is 13.5. The molecule has 10 N–H and O–H groups in total. The molecule has 2 atom stereocenters. The number of aromatic nitrogens is 2. The smallest absolute Gasteiger partial charge is 0.261 e. The highest BCUT2D eigenvalue weighted by molar-refractivity contribution is 7.85. The van der Waals surface area contributed by atoms with Gasteiger partial charge < -0.3 is 92.6 Å². The molecule has 0 fully saturated rings. The molecular weight excluding hydrogens is 1600 g/mol. The first kappa shape index (κ1) is 94.2. The zero-order valence-corrected chi connectivity index (χ0v) is 69.4. The molecule has 0 bridgehead atoms. The molecule has 0 saturated heterocycles. The number of para-hydroxylation sites is 2. The third-order valence-corrected chi connectivity index (χ3v) is 17.6. The summed E-state index contributed by atoms with van der Waals surface area (Å²) in [6.45, 7) is 5.96. The van der Waals surface area contributed by atoms with E-state index in [9.17, 15) is 19.2 Å². The molecule has 0 radical (unpaired) electrons. The lowest BCUT2D eigenvalue weighted by atomic mass is 9.98. The molecule has 2 aromatic heterocycles. The van der Waals surface area contributed by atoms with E-state index in [-0.39, 0.29) is 28.4 Å². The standard InChI is InChI=1S/2C38H38N4O6.4CH4O3S.H2O/c2*1-45-33-18-25-14-16-42(23-28(25)19-34(33)46-2)15-13-24-9-11-29(12-10-24)40-38(44)30-20-35(47-3)36(48-4)21-32(30)41-37(43)27-17-26-7-5-6-8-31(26)39-22-27;4*1-5(2,3)4;/h2*5-12,17-22H,13-16,23H2,1-4H3,(H,40,44)(H,41,43);4*1H3,(H,2,3,4);1H2. The van der Waals surface area contributed by atoms with Crippen molar-refractivity contribution >= 4 is 109 Å². The van der Waals surface area contributed by atoms with Gasteiger partial charge in [0, 0.05) is 108 Å². The van der Waals surface area contributed by atoms with Gasteiger partial charge in [-0.3, -0.25) is 19.2 Å². The summed E-state index contributed by atoms with van der Waals surface area (Å²) in [4.78, 5) is 63.2. The SMILES string of the molecule is COc1cc2c(cc1OC)C[NH+](CCc1ccc(NC(=O)c3cc(OC)c(OC)cc3NC(=O)c3c[nH+]c4ccccc4c3)cc1)CC2.COc1cc2c(cc1OC)C[NH+](CCc1ccc(NC(=O)c3cc(OC)c(OC)cc3NC(=O)c3c[nH+]c4ccccc4c3)cc1)CC2.CS(=O)(=O)[O-].CS(=O)(=O)[O-].CS(=O)(=O)[O-].CS(=O)(=O)[O-].O. The number of quaternary nitrogens is 2. The largest absolute Gasteiger partial charge is 0.748 e. The number of methoxy groups -OCH3 is 8. The van der Waals surface area contributed by atoms with Crippen LogP contribution in [-0.4, -0.2) is 189 Å². The molecule has 117 heavy (non-hydrogen) atoms. The summed E-state index contributed by atoms with van der Waals surface area (Å²) in [5.74, 6) is 3.06. The van der Waals surface area contributed by atoms with E-state index in [0.29, 0.717) is 81.9 Å². The molecule has 10 aromatic rings. The minimum Gasteiger partial charge on any atom is -0.748 e. The molecule has 0 spiro atoms. The average molecular weight is 1700 g/mol. The molecular formula is C80H94N8O25S4. The number of benzene rings is 8.